The molecule has 0 saturated carbocycles. The number of aromatic nitrogens is 4. The van der Waals surface area contributed by atoms with Gasteiger partial charge in [0, 0.05) is 5.56 Å². The Bertz CT molecular complexity index is 1120. The number of hydrogen-bond acceptors (Lipinski definition) is 3. The Morgan fingerprint density at radius 1 is 1.00 bits per heavy atom. The maximum absolute atomic E-state index is 12.7. The fourth-order valence-electron chi connectivity index (χ4n) is 3.14. The summed E-state index contributed by atoms with van der Waals surface area (Å²) in [5, 5.41) is 14.6. The van der Waals surface area contributed by atoms with Crippen LogP contribution in [0.3, 0.4) is 0 Å². The van der Waals surface area contributed by atoms with Crippen LogP contribution in [-0.2, 0) is 0 Å². The maximum atomic E-state index is 12.7. The van der Waals surface area contributed by atoms with Gasteiger partial charge in [-0.15, -0.1) is 0 Å². The summed E-state index contributed by atoms with van der Waals surface area (Å²) in [6.45, 7) is 5.85. The summed E-state index contributed by atoms with van der Waals surface area (Å²) >= 11 is 0. The van der Waals surface area contributed by atoms with Crippen molar-refractivity contribution < 1.29 is 4.79 Å². The third-order valence-corrected chi connectivity index (χ3v) is 4.70. The number of nitrogens with zero attached hydrogens (tertiary/aromatic N) is 3. The molecule has 6 heteroatoms. The molecular weight excluding hydrogens is 350 g/mol. The van der Waals surface area contributed by atoms with Crippen molar-refractivity contribution in [1.29, 1.82) is 0 Å². The number of hydrogen-bond donors (Lipinski definition) is 2. The highest BCUT2D eigenvalue weighted by atomic mass is 16.2. The Morgan fingerprint density at radius 3 is 2.43 bits per heavy atom. The van der Waals surface area contributed by atoms with Crippen molar-refractivity contribution in [2.45, 2.75) is 20.8 Å². The van der Waals surface area contributed by atoms with Crippen molar-refractivity contribution in [3.63, 3.8) is 0 Å². The number of aromatic amines is 1. The number of H-pyrrole nitrogens is 1. The molecule has 6 nitrogen and oxygen atoms in total. The third-order valence-electron chi connectivity index (χ3n) is 4.70. The first-order valence-electron chi connectivity index (χ1n) is 9.08. The van der Waals surface area contributed by atoms with Gasteiger partial charge >= 0.3 is 0 Å². The van der Waals surface area contributed by atoms with Gasteiger partial charge in [0.1, 0.15) is 5.69 Å². The lowest BCUT2D eigenvalue weighted by atomic mass is 10.1. The molecule has 4 rings (SSSR count). The molecule has 28 heavy (non-hydrogen) atoms. The quantitative estimate of drug-likeness (QED) is 0.557. The Morgan fingerprint density at radius 2 is 1.71 bits per heavy atom. The molecule has 0 aliphatic heterocycles. The summed E-state index contributed by atoms with van der Waals surface area (Å²) in [5.41, 5.74) is 6.57. The van der Waals surface area contributed by atoms with Gasteiger partial charge in [-0.05, 0) is 39.0 Å². The van der Waals surface area contributed by atoms with E-state index in [1.165, 1.54) is 5.56 Å². The van der Waals surface area contributed by atoms with Gasteiger partial charge in [-0.1, -0.05) is 48.0 Å². The fraction of sp³-hybridized carbons (Fsp3) is 0.136. The lowest BCUT2D eigenvalue weighted by Gasteiger charge is -2.06. The van der Waals surface area contributed by atoms with Crippen LogP contribution < -0.4 is 5.32 Å². The molecule has 0 unspecified atom stereocenters. The predicted octanol–water partition coefficient (Wildman–Crippen LogP) is 4.44. The summed E-state index contributed by atoms with van der Waals surface area (Å²) in [4.78, 5) is 12.7. The van der Waals surface area contributed by atoms with Crippen LogP contribution in [-0.4, -0.2) is 25.9 Å². The van der Waals surface area contributed by atoms with Gasteiger partial charge in [0.25, 0.3) is 5.91 Å². The number of benzene rings is 2. The average molecular weight is 371 g/mol. The van der Waals surface area contributed by atoms with Crippen LogP contribution in [0.25, 0.3) is 16.9 Å². The van der Waals surface area contributed by atoms with Crippen LogP contribution in [0, 0.1) is 20.8 Å². The van der Waals surface area contributed by atoms with Crippen molar-refractivity contribution in [2.24, 2.45) is 0 Å². The van der Waals surface area contributed by atoms with E-state index in [-0.39, 0.29) is 5.91 Å². The first-order valence-corrected chi connectivity index (χ1v) is 9.08. The lowest BCUT2D eigenvalue weighted by Crippen LogP contribution is -2.13. The number of rotatable bonds is 4. The smallest absolute Gasteiger partial charge is 0.273 e. The van der Waals surface area contributed by atoms with E-state index < -0.39 is 0 Å². The minimum atomic E-state index is -0.246. The average Bonchev–Trinajstić information content (AvgIpc) is 3.30. The highest BCUT2D eigenvalue weighted by Crippen LogP contribution is 2.24. The number of para-hydroxylation sites is 1. The molecule has 4 aromatic rings. The maximum Gasteiger partial charge on any atom is 0.273 e. The van der Waals surface area contributed by atoms with Crippen LogP contribution in [0.5, 0.6) is 0 Å². The van der Waals surface area contributed by atoms with Crippen molar-refractivity contribution in [3.8, 4) is 16.9 Å². The molecule has 0 atom stereocenters. The van der Waals surface area contributed by atoms with Gasteiger partial charge in [0.2, 0.25) is 0 Å². The molecule has 2 aromatic carbocycles. The minimum Gasteiger partial charge on any atom is -0.317 e. The lowest BCUT2D eigenvalue weighted by molar-refractivity contribution is 0.102. The second-order valence-electron chi connectivity index (χ2n) is 6.78. The largest absolute Gasteiger partial charge is 0.317 e. The van der Waals surface area contributed by atoms with Crippen LogP contribution in [0.4, 0.5) is 5.69 Å². The second-order valence-corrected chi connectivity index (χ2v) is 6.78. The van der Waals surface area contributed by atoms with Crippen molar-refractivity contribution in [3.05, 3.63) is 83.3 Å². The number of aryl methyl sites for hydroxylation is 2. The fourth-order valence-corrected chi connectivity index (χ4v) is 3.14. The molecule has 0 aliphatic carbocycles. The molecule has 0 saturated heterocycles. The molecule has 0 radical (unpaired) electrons. The Balaban J connectivity index is 1.58. The Kier molecular flexibility index (Phi) is 4.53. The van der Waals surface area contributed by atoms with E-state index in [4.69, 9.17) is 0 Å². The van der Waals surface area contributed by atoms with Gasteiger partial charge in [-0.3, -0.25) is 9.89 Å². The summed E-state index contributed by atoms with van der Waals surface area (Å²) in [6, 6.07) is 19.6. The highest BCUT2D eigenvalue weighted by molar-refractivity contribution is 6.04. The van der Waals surface area contributed by atoms with Crippen LogP contribution in [0.1, 0.15) is 27.4 Å². The zero-order valence-corrected chi connectivity index (χ0v) is 16.0. The number of nitrogens with one attached hydrogen (secondary N) is 2. The number of carbonyl (C=O) groups excluding carboxylic acids is 1. The summed E-state index contributed by atoms with van der Waals surface area (Å²) < 4.78 is 1.83. The normalized spacial score (nSPS) is 10.8. The topological polar surface area (TPSA) is 75.6 Å². The molecule has 1 amide bonds. The molecule has 2 aromatic heterocycles. The summed E-state index contributed by atoms with van der Waals surface area (Å²) in [5.74, 6) is -0.246. The first-order chi connectivity index (χ1) is 13.5. The number of anilines is 1. The van der Waals surface area contributed by atoms with E-state index in [0.717, 1.165) is 28.3 Å². The Hall–Kier alpha value is -3.67. The number of carbonyl (C=O) groups is 1. The Labute approximate surface area is 163 Å². The SMILES string of the molecule is Cc1ccc(-c2cc(C(=O)Nc3c(C)nn(-c4ccccc4)c3C)[nH]n2)cc1. The second kappa shape index (κ2) is 7.15. The summed E-state index contributed by atoms with van der Waals surface area (Å²) in [6.07, 6.45) is 0. The minimum absolute atomic E-state index is 0.246. The van der Waals surface area contributed by atoms with Crippen LogP contribution >= 0.6 is 0 Å². The van der Waals surface area contributed by atoms with E-state index >= 15 is 0 Å². The molecule has 0 fully saturated rings. The number of amides is 1. The van der Waals surface area contributed by atoms with Crippen LogP contribution in [0.2, 0.25) is 0 Å². The highest BCUT2D eigenvalue weighted by Gasteiger charge is 2.17. The zero-order chi connectivity index (χ0) is 19.7. The van der Waals surface area contributed by atoms with Crippen molar-refractivity contribution in [2.75, 3.05) is 5.32 Å². The molecule has 0 bridgehead atoms. The van der Waals surface area contributed by atoms with E-state index in [1.54, 1.807) is 6.07 Å². The van der Waals surface area contributed by atoms with E-state index in [2.05, 4.69) is 20.6 Å². The monoisotopic (exact) mass is 371 g/mol. The first kappa shape index (κ1) is 17.7. The van der Waals surface area contributed by atoms with Crippen molar-refractivity contribution in [1.82, 2.24) is 20.0 Å². The van der Waals surface area contributed by atoms with Crippen LogP contribution in [0.15, 0.2) is 60.7 Å². The van der Waals surface area contributed by atoms with E-state index in [9.17, 15) is 4.79 Å². The zero-order valence-electron chi connectivity index (χ0n) is 16.0. The van der Waals surface area contributed by atoms with Gasteiger partial charge in [-0.25, -0.2) is 4.68 Å². The van der Waals surface area contributed by atoms with Crippen molar-refractivity contribution >= 4 is 11.6 Å². The van der Waals surface area contributed by atoms with Gasteiger partial charge < -0.3 is 5.32 Å². The van der Waals surface area contributed by atoms with Gasteiger partial charge in [-0.2, -0.15) is 10.2 Å². The molecule has 0 aliphatic rings. The third kappa shape index (κ3) is 3.32. The van der Waals surface area contributed by atoms with Gasteiger partial charge in [0.15, 0.2) is 0 Å². The van der Waals surface area contributed by atoms with E-state index in [0.29, 0.717) is 11.4 Å². The standard InChI is InChI=1S/C22H21N5O/c1-14-9-11-17(12-10-14)19-13-20(25-24-19)22(28)23-21-15(2)26-27(16(21)3)18-7-5-4-6-8-18/h4-13H,1-3H3,(H,23,28)(H,24,25). The van der Waals surface area contributed by atoms with Gasteiger partial charge in [0.05, 0.1) is 28.5 Å². The molecule has 2 N–H and O–H groups in total. The summed E-state index contributed by atoms with van der Waals surface area (Å²) in [7, 11) is 0. The van der Waals surface area contributed by atoms with E-state index in [1.807, 2.05) is 80.1 Å². The molecule has 0 spiro atoms. The predicted molar refractivity (Wildman–Crippen MR) is 110 cm³/mol. The molecular formula is C22H21N5O. The molecule has 2 heterocycles. The molecule has 140 valence electrons.